The highest BCUT2D eigenvalue weighted by atomic mass is 16.2. The molecule has 3 amide bonds. The van der Waals surface area contributed by atoms with Crippen LogP contribution in [-0.2, 0) is 14.4 Å². The molecule has 112 valence electrons. The summed E-state index contributed by atoms with van der Waals surface area (Å²) in [6.07, 6.45) is 1.19. The van der Waals surface area contributed by atoms with Crippen molar-refractivity contribution in [1.29, 1.82) is 0 Å². The molecular weight excluding hydrogens is 260 g/mol. The van der Waals surface area contributed by atoms with Gasteiger partial charge in [0.25, 0.3) is 0 Å². The molecule has 1 atom stereocenters. The Hall–Kier alpha value is -1.47. The Balaban J connectivity index is 1.96. The Morgan fingerprint density at radius 3 is 2.85 bits per heavy atom. The van der Waals surface area contributed by atoms with Gasteiger partial charge in [-0.1, -0.05) is 0 Å². The molecule has 0 aromatic rings. The minimum absolute atomic E-state index is 0.0692. The predicted octanol–water partition coefficient (Wildman–Crippen LogP) is -1.45. The number of piperazine rings is 1. The maximum atomic E-state index is 12.2. The Bertz CT molecular complexity index is 399. The molecule has 7 heteroatoms. The molecule has 0 aromatic heterocycles. The third-order valence-electron chi connectivity index (χ3n) is 3.72. The zero-order valence-electron chi connectivity index (χ0n) is 11.9. The second kappa shape index (κ2) is 6.81. The van der Waals surface area contributed by atoms with Gasteiger partial charge in [-0.2, -0.15) is 0 Å². The van der Waals surface area contributed by atoms with Crippen molar-refractivity contribution in [3.8, 4) is 0 Å². The monoisotopic (exact) mass is 282 g/mol. The van der Waals surface area contributed by atoms with Gasteiger partial charge in [-0.3, -0.25) is 24.2 Å². The molecule has 2 saturated heterocycles. The first-order valence-electron chi connectivity index (χ1n) is 7.19. The fourth-order valence-corrected chi connectivity index (χ4v) is 2.66. The lowest BCUT2D eigenvalue weighted by atomic mass is 10.1. The van der Waals surface area contributed by atoms with Crippen LogP contribution in [0.1, 0.15) is 19.8 Å². The van der Waals surface area contributed by atoms with Crippen LogP contribution in [0.15, 0.2) is 0 Å². The molecule has 0 aromatic carbocycles. The van der Waals surface area contributed by atoms with Crippen molar-refractivity contribution in [2.45, 2.75) is 25.8 Å². The minimum Gasteiger partial charge on any atom is -0.355 e. The second-order valence-corrected chi connectivity index (χ2v) is 5.13. The second-order valence-electron chi connectivity index (χ2n) is 5.13. The van der Waals surface area contributed by atoms with E-state index >= 15 is 0 Å². The highest BCUT2D eigenvalue weighted by Gasteiger charge is 2.33. The number of nitrogens with zero attached hydrogens (tertiary/aromatic N) is 2. The Morgan fingerprint density at radius 1 is 1.40 bits per heavy atom. The molecule has 0 aliphatic carbocycles. The van der Waals surface area contributed by atoms with Gasteiger partial charge < -0.3 is 10.6 Å². The lowest BCUT2D eigenvalue weighted by molar-refractivity contribution is -0.143. The van der Waals surface area contributed by atoms with Crippen molar-refractivity contribution in [1.82, 2.24) is 20.4 Å². The number of carbonyl (C=O) groups excluding carboxylic acids is 3. The molecule has 20 heavy (non-hydrogen) atoms. The number of likely N-dealkylation sites (N-methyl/N-ethyl adjacent to an activating group) is 1. The van der Waals surface area contributed by atoms with Gasteiger partial charge in [-0.25, -0.2) is 0 Å². The summed E-state index contributed by atoms with van der Waals surface area (Å²) in [7, 11) is 0. The summed E-state index contributed by atoms with van der Waals surface area (Å²) in [5, 5.41) is 5.95. The summed E-state index contributed by atoms with van der Waals surface area (Å²) in [5.41, 5.74) is 0. The van der Waals surface area contributed by atoms with Gasteiger partial charge in [0.1, 0.15) is 6.04 Å². The van der Waals surface area contributed by atoms with Crippen LogP contribution in [0.5, 0.6) is 0 Å². The molecule has 7 nitrogen and oxygen atoms in total. The molecular formula is C13H22N4O3. The van der Waals surface area contributed by atoms with Crippen LogP contribution in [0, 0.1) is 0 Å². The van der Waals surface area contributed by atoms with Gasteiger partial charge in [0, 0.05) is 39.1 Å². The summed E-state index contributed by atoms with van der Waals surface area (Å²) in [6.45, 7) is 5.00. The van der Waals surface area contributed by atoms with Crippen molar-refractivity contribution in [2.24, 2.45) is 0 Å². The van der Waals surface area contributed by atoms with Crippen LogP contribution in [0.2, 0.25) is 0 Å². The number of hydrogen-bond acceptors (Lipinski definition) is 5. The number of carbonyl (C=O) groups is 3. The summed E-state index contributed by atoms with van der Waals surface area (Å²) in [4.78, 5) is 38.9. The standard InChI is InChI=1S/C13H22N4O3/c1-2-15-13(20)10-8-14-5-7-16(10)9-12(19)17-6-3-4-11(17)18/h10,14H,2-9H2,1H3,(H,15,20). The summed E-state index contributed by atoms with van der Waals surface area (Å²) in [5.74, 6) is -0.358. The van der Waals surface area contributed by atoms with E-state index in [-0.39, 0.29) is 30.3 Å². The fourth-order valence-electron chi connectivity index (χ4n) is 2.66. The summed E-state index contributed by atoms with van der Waals surface area (Å²) < 4.78 is 0. The molecule has 1 unspecified atom stereocenters. The van der Waals surface area contributed by atoms with Crippen LogP contribution in [0.3, 0.4) is 0 Å². The predicted molar refractivity (Wildman–Crippen MR) is 72.9 cm³/mol. The van der Waals surface area contributed by atoms with Gasteiger partial charge in [0.15, 0.2) is 0 Å². The van der Waals surface area contributed by atoms with Crippen LogP contribution < -0.4 is 10.6 Å². The largest absolute Gasteiger partial charge is 0.355 e. The fraction of sp³-hybridized carbons (Fsp3) is 0.769. The molecule has 2 fully saturated rings. The minimum atomic E-state index is -0.342. The lowest BCUT2D eigenvalue weighted by Crippen LogP contribution is -2.59. The topological polar surface area (TPSA) is 81.8 Å². The lowest BCUT2D eigenvalue weighted by Gasteiger charge is -2.35. The van der Waals surface area contributed by atoms with E-state index in [4.69, 9.17) is 0 Å². The quantitative estimate of drug-likeness (QED) is 0.659. The summed E-state index contributed by atoms with van der Waals surface area (Å²) >= 11 is 0. The van der Waals surface area contributed by atoms with Gasteiger partial charge in [0.2, 0.25) is 17.7 Å². The maximum Gasteiger partial charge on any atom is 0.243 e. The van der Waals surface area contributed by atoms with Gasteiger partial charge in [-0.15, -0.1) is 0 Å². The molecule has 2 heterocycles. The SMILES string of the molecule is CCNC(=O)C1CNCCN1CC(=O)N1CCCC1=O. The number of hydrogen-bond donors (Lipinski definition) is 2. The Labute approximate surface area is 118 Å². The average Bonchev–Trinajstić information content (AvgIpc) is 2.86. The number of likely N-dealkylation sites (tertiary alicyclic amines) is 1. The third-order valence-corrected chi connectivity index (χ3v) is 3.72. The van der Waals surface area contributed by atoms with E-state index in [9.17, 15) is 14.4 Å². The molecule has 2 aliphatic rings. The van der Waals surface area contributed by atoms with E-state index < -0.39 is 0 Å². The molecule has 0 saturated carbocycles. The van der Waals surface area contributed by atoms with E-state index in [1.807, 2.05) is 11.8 Å². The first kappa shape index (κ1) is 14.9. The van der Waals surface area contributed by atoms with Gasteiger partial charge >= 0.3 is 0 Å². The van der Waals surface area contributed by atoms with Crippen LogP contribution in [-0.4, -0.2) is 72.8 Å². The first-order valence-corrected chi connectivity index (χ1v) is 7.19. The zero-order chi connectivity index (χ0) is 14.5. The van der Waals surface area contributed by atoms with E-state index in [1.54, 1.807) is 0 Å². The van der Waals surface area contributed by atoms with E-state index in [0.29, 0.717) is 32.6 Å². The van der Waals surface area contributed by atoms with Crippen molar-refractivity contribution < 1.29 is 14.4 Å². The average molecular weight is 282 g/mol. The van der Waals surface area contributed by atoms with Crippen molar-refractivity contribution >= 4 is 17.7 Å². The Kier molecular flexibility index (Phi) is 5.08. The van der Waals surface area contributed by atoms with Crippen molar-refractivity contribution in [2.75, 3.05) is 39.3 Å². The normalized spacial score (nSPS) is 23.9. The maximum absolute atomic E-state index is 12.2. The van der Waals surface area contributed by atoms with Crippen LogP contribution >= 0.6 is 0 Å². The molecule has 2 N–H and O–H groups in total. The highest BCUT2D eigenvalue weighted by molar-refractivity contribution is 5.97. The van der Waals surface area contributed by atoms with E-state index in [2.05, 4.69) is 10.6 Å². The number of imide groups is 1. The summed E-state index contributed by atoms with van der Waals surface area (Å²) in [6, 6.07) is -0.342. The van der Waals surface area contributed by atoms with Crippen LogP contribution in [0.25, 0.3) is 0 Å². The number of rotatable bonds is 4. The smallest absolute Gasteiger partial charge is 0.243 e. The van der Waals surface area contributed by atoms with Crippen molar-refractivity contribution in [3.63, 3.8) is 0 Å². The molecule has 2 rings (SSSR count). The van der Waals surface area contributed by atoms with Crippen LogP contribution in [0.4, 0.5) is 0 Å². The van der Waals surface area contributed by atoms with E-state index in [0.717, 1.165) is 13.0 Å². The molecule has 0 bridgehead atoms. The number of nitrogens with one attached hydrogen (secondary N) is 2. The van der Waals surface area contributed by atoms with E-state index in [1.165, 1.54) is 4.90 Å². The first-order chi connectivity index (χ1) is 9.63. The third kappa shape index (κ3) is 3.34. The molecule has 0 spiro atoms. The molecule has 0 radical (unpaired) electrons. The van der Waals surface area contributed by atoms with Gasteiger partial charge in [0.05, 0.1) is 6.54 Å². The van der Waals surface area contributed by atoms with Crippen molar-refractivity contribution in [3.05, 3.63) is 0 Å². The highest BCUT2D eigenvalue weighted by Crippen LogP contribution is 2.12. The zero-order valence-corrected chi connectivity index (χ0v) is 11.9. The number of amides is 3. The Morgan fingerprint density at radius 2 is 2.20 bits per heavy atom. The van der Waals surface area contributed by atoms with Gasteiger partial charge in [-0.05, 0) is 13.3 Å². The molecule has 2 aliphatic heterocycles.